The first-order chi connectivity index (χ1) is 15.7. The molecule has 0 aliphatic carbocycles. The van der Waals surface area contributed by atoms with Crippen LogP contribution in [-0.2, 0) is 15.9 Å². The van der Waals surface area contributed by atoms with Crippen LogP contribution < -0.4 is 0 Å². The Balaban J connectivity index is 0.00000259. The maximum atomic E-state index is 6.57. The topological polar surface area (TPSA) is 33.8 Å². The van der Waals surface area contributed by atoms with Gasteiger partial charge in [-0.2, -0.15) is 0 Å². The van der Waals surface area contributed by atoms with Crippen molar-refractivity contribution in [2.45, 2.75) is 29.6 Å². The molecule has 4 nitrogen and oxygen atoms in total. The van der Waals surface area contributed by atoms with Gasteiger partial charge in [-0.15, -0.1) is 24.2 Å². The lowest BCUT2D eigenvalue weighted by Gasteiger charge is -2.27. The Bertz CT molecular complexity index is 1150. The lowest BCUT2D eigenvalue weighted by Crippen LogP contribution is -2.41. The van der Waals surface area contributed by atoms with Crippen LogP contribution in [0.5, 0.6) is 0 Å². The van der Waals surface area contributed by atoms with E-state index in [9.17, 15) is 0 Å². The second kappa shape index (κ2) is 11.0. The minimum absolute atomic E-state index is 0. The number of hydrogen-bond donors (Lipinski definition) is 0. The molecule has 7 heteroatoms. The average Bonchev–Trinajstić information content (AvgIpc) is 3.48. The molecule has 5 rings (SSSR count). The van der Waals surface area contributed by atoms with Gasteiger partial charge in [0.1, 0.15) is 12.8 Å². The molecular formula is C26H27Cl2N2O2S+. The number of fused-ring (bicyclic) bond motifs is 1. The van der Waals surface area contributed by atoms with Crippen molar-refractivity contribution >= 4 is 59.1 Å². The van der Waals surface area contributed by atoms with E-state index in [1.165, 1.54) is 21.2 Å². The zero-order valence-corrected chi connectivity index (χ0v) is 20.6. The molecule has 3 aromatic rings. The van der Waals surface area contributed by atoms with Gasteiger partial charge in [0, 0.05) is 22.1 Å². The molecule has 1 fully saturated rings. The molecule has 0 amide bonds. The molecule has 0 saturated carbocycles. The molecule has 3 aromatic carbocycles. The highest BCUT2D eigenvalue weighted by atomic mass is 35.5. The van der Waals surface area contributed by atoms with Gasteiger partial charge in [0.2, 0.25) is 5.79 Å². The van der Waals surface area contributed by atoms with E-state index in [-0.39, 0.29) is 18.5 Å². The van der Waals surface area contributed by atoms with Crippen LogP contribution in [0.4, 0.5) is 0 Å². The fraction of sp³-hybridized carbons (Fsp3) is 0.308. The fourth-order valence-corrected chi connectivity index (χ4v) is 5.20. The molecule has 2 heterocycles. The first-order valence-corrected chi connectivity index (χ1v) is 12.3. The maximum Gasteiger partial charge on any atom is 0.280 e. The normalized spacial score (nSPS) is 21.8. The molecule has 33 heavy (non-hydrogen) atoms. The summed E-state index contributed by atoms with van der Waals surface area (Å²) in [5.74, 6) is 0.222. The summed E-state index contributed by atoms with van der Waals surface area (Å²) in [6, 6.07) is 23.1. The van der Waals surface area contributed by atoms with Crippen LogP contribution in [-0.4, -0.2) is 54.5 Å². The second-order valence-electron chi connectivity index (χ2n) is 8.24. The van der Waals surface area contributed by atoms with Crippen molar-refractivity contribution in [3.05, 3.63) is 77.3 Å². The molecule has 172 valence electrons. The molecule has 2 atom stereocenters. The number of thioether (sulfide) groups is 1. The maximum absolute atomic E-state index is 6.57. The van der Waals surface area contributed by atoms with Gasteiger partial charge >= 0.3 is 0 Å². The summed E-state index contributed by atoms with van der Waals surface area (Å²) in [5, 5.41) is 3.29. The van der Waals surface area contributed by atoms with Crippen LogP contribution in [0.1, 0.15) is 12.0 Å². The Hall–Kier alpha value is -1.89. The molecule has 0 aromatic heterocycles. The zero-order valence-electron chi connectivity index (χ0n) is 18.2. The Morgan fingerprint density at radius 2 is 1.88 bits per heavy atom. The molecule has 2 aliphatic heterocycles. The smallest absolute Gasteiger partial charge is 0.280 e. The highest BCUT2D eigenvalue weighted by Gasteiger charge is 2.43. The molecule has 0 unspecified atom stereocenters. The summed E-state index contributed by atoms with van der Waals surface area (Å²) in [7, 11) is 0. The van der Waals surface area contributed by atoms with Crippen LogP contribution in [0.15, 0.2) is 76.6 Å². The zero-order chi connectivity index (χ0) is 21.8. The van der Waals surface area contributed by atoms with Crippen LogP contribution in [0, 0.1) is 0 Å². The summed E-state index contributed by atoms with van der Waals surface area (Å²) in [6.45, 7) is 1.97. The van der Waals surface area contributed by atoms with E-state index >= 15 is 0 Å². The molecule has 0 radical (unpaired) electrons. The van der Waals surface area contributed by atoms with Crippen LogP contribution in [0.3, 0.4) is 0 Å². The van der Waals surface area contributed by atoms with E-state index in [2.05, 4.69) is 70.4 Å². The summed E-state index contributed by atoms with van der Waals surface area (Å²) < 4.78 is 15.0. The summed E-state index contributed by atoms with van der Waals surface area (Å²) in [4.78, 5) is 5.56. The van der Waals surface area contributed by atoms with Crippen molar-refractivity contribution in [1.29, 1.82) is 0 Å². The fourth-order valence-electron chi connectivity index (χ4n) is 4.16. The monoisotopic (exact) mass is 501 g/mol. The largest absolute Gasteiger partial charge is 0.344 e. The third-order valence-corrected chi connectivity index (χ3v) is 7.23. The van der Waals surface area contributed by atoms with E-state index in [1.54, 1.807) is 0 Å². The highest BCUT2D eigenvalue weighted by Crippen LogP contribution is 2.33. The van der Waals surface area contributed by atoms with Gasteiger partial charge in [0.25, 0.3) is 6.34 Å². The minimum atomic E-state index is -0.638. The van der Waals surface area contributed by atoms with E-state index in [1.807, 2.05) is 30.2 Å². The van der Waals surface area contributed by atoms with Crippen molar-refractivity contribution in [1.82, 2.24) is 0 Å². The van der Waals surface area contributed by atoms with Crippen LogP contribution in [0.2, 0.25) is 5.02 Å². The van der Waals surface area contributed by atoms with E-state index in [4.69, 9.17) is 21.1 Å². The summed E-state index contributed by atoms with van der Waals surface area (Å²) in [6.07, 6.45) is 5.65. The molecule has 0 spiro atoms. The van der Waals surface area contributed by atoms with Gasteiger partial charge in [0.15, 0.2) is 6.54 Å². The predicted octanol–water partition coefficient (Wildman–Crippen LogP) is 5.88. The molecule has 1 saturated heterocycles. The van der Waals surface area contributed by atoms with Gasteiger partial charge in [-0.05, 0) is 47.0 Å². The van der Waals surface area contributed by atoms with Crippen molar-refractivity contribution in [3.8, 4) is 0 Å². The van der Waals surface area contributed by atoms with Gasteiger partial charge in [-0.25, -0.2) is 4.58 Å². The lowest BCUT2D eigenvalue weighted by molar-refractivity contribution is -0.443. The number of aryl methyl sites for hydroxylation is 1. The Morgan fingerprint density at radius 1 is 1.06 bits per heavy atom. The van der Waals surface area contributed by atoms with Crippen molar-refractivity contribution in [3.63, 3.8) is 0 Å². The number of hydrogen-bond acceptors (Lipinski definition) is 4. The van der Waals surface area contributed by atoms with Gasteiger partial charge < -0.3 is 9.47 Å². The Morgan fingerprint density at radius 3 is 2.67 bits per heavy atom. The van der Waals surface area contributed by atoms with Crippen molar-refractivity contribution < 1.29 is 14.0 Å². The highest BCUT2D eigenvalue weighted by molar-refractivity contribution is 7.99. The number of aliphatic imine (C=N–C) groups is 1. The molecule has 2 aliphatic rings. The van der Waals surface area contributed by atoms with Gasteiger partial charge in [-0.1, -0.05) is 59.1 Å². The second-order valence-corrected chi connectivity index (χ2v) is 9.77. The van der Waals surface area contributed by atoms with E-state index in [0.717, 1.165) is 23.6 Å². The molecule has 0 N–H and O–H groups in total. The number of benzene rings is 3. The number of nitrogens with zero attached hydrogens (tertiary/aromatic N) is 2. The van der Waals surface area contributed by atoms with Gasteiger partial charge in [-0.3, -0.25) is 0 Å². The first kappa shape index (κ1) is 24.2. The average molecular weight is 502 g/mol. The molecule has 0 bridgehead atoms. The third-order valence-electron chi connectivity index (χ3n) is 5.85. The first-order valence-electron chi connectivity index (χ1n) is 10.9. The number of halogens is 2. The van der Waals surface area contributed by atoms with Crippen molar-refractivity contribution in [2.75, 3.05) is 25.4 Å². The minimum Gasteiger partial charge on any atom is -0.344 e. The number of rotatable bonds is 8. The standard InChI is InChI=1S/C26H26ClN2O2S.ClH/c27-23-8-5-20(6-9-23)11-12-26(18-29-14-13-28-19-29)30-16-24(31-26)17-32-25-10-7-21-3-1-2-4-22(21)15-25;/h1-10,14-15,19,24H,11-13,16-18H2;1H/q+1;/t24-,26-;/m0./s1. The predicted molar refractivity (Wildman–Crippen MR) is 140 cm³/mol. The van der Waals surface area contributed by atoms with E-state index in [0.29, 0.717) is 19.7 Å². The summed E-state index contributed by atoms with van der Waals surface area (Å²) in [5.41, 5.74) is 1.23. The number of ether oxygens (including phenoxy) is 2. The van der Waals surface area contributed by atoms with Crippen molar-refractivity contribution in [2.24, 2.45) is 4.99 Å². The SMILES string of the molecule is Cl.Clc1ccc(CC[C@]2(C[N+]3=CCN=C3)OC[C@@H](CSc3ccc4ccccc4c3)O2)cc1. The van der Waals surface area contributed by atoms with E-state index < -0.39 is 5.79 Å². The Labute approximate surface area is 210 Å². The summed E-state index contributed by atoms with van der Waals surface area (Å²) >= 11 is 7.86. The third kappa shape index (κ3) is 6.17. The quantitative estimate of drug-likeness (QED) is 0.285. The van der Waals surface area contributed by atoms with Crippen LogP contribution in [0.25, 0.3) is 10.8 Å². The lowest BCUT2D eigenvalue weighted by atomic mass is 10.0. The Kier molecular flexibility index (Phi) is 8.10. The molecular weight excluding hydrogens is 475 g/mol. The van der Waals surface area contributed by atoms with Crippen LogP contribution >= 0.6 is 35.8 Å². The van der Waals surface area contributed by atoms with Gasteiger partial charge in [0.05, 0.1) is 12.7 Å².